The number of benzene rings is 3. The molecule has 1 atom stereocenters. The van der Waals surface area contributed by atoms with Crippen LogP contribution >= 0.6 is 11.6 Å². The molecular formula is C21H17ClN2O2S. The molecule has 0 aromatic heterocycles. The summed E-state index contributed by atoms with van der Waals surface area (Å²) in [5.41, 5.74) is 2.46. The van der Waals surface area contributed by atoms with Gasteiger partial charge in [-0.1, -0.05) is 72.3 Å². The zero-order chi connectivity index (χ0) is 18.9. The molecule has 0 N–H and O–H groups in total. The molecule has 3 aromatic carbocycles. The maximum atomic E-state index is 13.3. The van der Waals surface area contributed by atoms with E-state index in [2.05, 4.69) is 5.10 Å². The van der Waals surface area contributed by atoms with E-state index in [0.717, 1.165) is 16.8 Å². The maximum absolute atomic E-state index is 13.3. The second-order valence-corrected chi connectivity index (χ2v) is 8.51. The van der Waals surface area contributed by atoms with Crippen molar-refractivity contribution >= 4 is 27.3 Å². The highest BCUT2D eigenvalue weighted by molar-refractivity contribution is 7.89. The molecule has 0 amide bonds. The van der Waals surface area contributed by atoms with Crippen molar-refractivity contribution in [2.45, 2.75) is 17.4 Å². The molecule has 1 heterocycles. The van der Waals surface area contributed by atoms with E-state index in [4.69, 9.17) is 11.6 Å². The van der Waals surface area contributed by atoms with E-state index in [-0.39, 0.29) is 4.90 Å². The number of hydrazone groups is 1. The number of hydrogen-bond acceptors (Lipinski definition) is 3. The average Bonchev–Trinajstić information content (AvgIpc) is 3.16. The lowest BCUT2D eigenvalue weighted by Crippen LogP contribution is -2.27. The van der Waals surface area contributed by atoms with Crippen molar-refractivity contribution in [2.75, 3.05) is 0 Å². The highest BCUT2D eigenvalue weighted by Gasteiger charge is 2.37. The molecule has 0 radical (unpaired) electrons. The van der Waals surface area contributed by atoms with Gasteiger partial charge in [0.2, 0.25) is 0 Å². The van der Waals surface area contributed by atoms with Gasteiger partial charge in [-0.2, -0.15) is 17.9 Å². The Hall–Kier alpha value is -2.63. The third kappa shape index (κ3) is 3.48. The van der Waals surface area contributed by atoms with Gasteiger partial charge in [0.15, 0.2) is 0 Å². The second kappa shape index (κ2) is 7.18. The van der Waals surface area contributed by atoms with Crippen LogP contribution in [0.3, 0.4) is 0 Å². The first-order valence-corrected chi connectivity index (χ1v) is 10.4. The normalized spacial score (nSPS) is 17.0. The lowest BCUT2D eigenvalue weighted by atomic mass is 9.99. The Morgan fingerprint density at radius 1 is 0.889 bits per heavy atom. The van der Waals surface area contributed by atoms with E-state index in [9.17, 15) is 8.42 Å². The van der Waals surface area contributed by atoms with Crippen molar-refractivity contribution in [3.05, 3.63) is 101 Å². The summed E-state index contributed by atoms with van der Waals surface area (Å²) in [6.07, 6.45) is 0.483. The Labute approximate surface area is 163 Å². The summed E-state index contributed by atoms with van der Waals surface area (Å²) in [6, 6.07) is 24.8. The van der Waals surface area contributed by atoms with Crippen LogP contribution in [0.2, 0.25) is 5.02 Å². The Kier molecular flexibility index (Phi) is 4.72. The van der Waals surface area contributed by atoms with Crippen molar-refractivity contribution in [3.8, 4) is 0 Å². The lowest BCUT2D eigenvalue weighted by molar-refractivity contribution is 0.371. The second-order valence-electron chi connectivity index (χ2n) is 6.28. The minimum atomic E-state index is -3.79. The predicted octanol–water partition coefficient (Wildman–Crippen LogP) is 4.88. The van der Waals surface area contributed by atoms with Gasteiger partial charge in [0.05, 0.1) is 16.6 Å². The minimum absolute atomic E-state index is 0.218. The molecule has 3 aromatic rings. The summed E-state index contributed by atoms with van der Waals surface area (Å²) in [7, 11) is -3.79. The van der Waals surface area contributed by atoms with E-state index in [1.54, 1.807) is 42.5 Å². The quantitative estimate of drug-likeness (QED) is 0.631. The Morgan fingerprint density at radius 2 is 1.56 bits per heavy atom. The van der Waals surface area contributed by atoms with Crippen molar-refractivity contribution in [1.29, 1.82) is 0 Å². The summed E-state index contributed by atoms with van der Waals surface area (Å²) in [5.74, 6) is 0. The molecule has 1 aliphatic heterocycles. The third-order valence-corrected chi connectivity index (χ3v) is 6.43. The molecule has 0 spiro atoms. The first kappa shape index (κ1) is 17.8. The molecule has 0 saturated carbocycles. The van der Waals surface area contributed by atoms with Gasteiger partial charge in [0.1, 0.15) is 0 Å². The van der Waals surface area contributed by atoms with Crippen LogP contribution in [-0.2, 0) is 10.0 Å². The molecule has 0 bridgehead atoms. The fourth-order valence-corrected chi connectivity index (χ4v) is 4.83. The van der Waals surface area contributed by atoms with Crippen LogP contribution in [0.4, 0.5) is 0 Å². The smallest absolute Gasteiger partial charge is 0.200 e. The van der Waals surface area contributed by atoms with Gasteiger partial charge < -0.3 is 0 Å². The van der Waals surface area contributed by atoms with Gasteiger partial charge in [0, 0.05) is 11.4 Å². The molecule has 6 heteroatoms. The standard InChI is InChI=1S/C21H17ClN2O2S/c22-18-11-7-10-17(14-18)21-15-20(16-8-3-1-4-9-16)23-24(21)27(25,26)19-12-5-2-6-13-19/h1-14,21H,15H2. The van der Waals surface area contributed by atoms with Gasteiger partial charge in [0.25, 0.3) is 10.0 Å². The van der Waals surface area contributed by atoms with Crippen LogP contribution in [0.1, 0.15) is 23.6 Å². The number of halogens is 1. The van der Waals surface area contributed by atoms with Gasteiger partial charge >= 0.3 is 0 Å². The van der Waals surface area contributed by atoms with Crippen molar-refractivity contribution in [2.24, 2.45) is 5.10 Å². The van der Waals surface area contributed by atoms with Crippen LogP contribution in [0.15, 0.2) is 94.9 Å². The summed E-state index contributed by atoms with van der Waals surface area (Å²) in [4.78, 5) is 0.218. The van der Waals surface area contributed by atoms with Crippen LogP contribution in [0.25, 0.3) is 0 Å². The molecule has 1 aliphatic rings. The fraction of sp³-hybridized carbons (Fsp3) is 0.0952. The Bertz CT molecular complexity index is 1080. The molecule has 4 rings (SSSR count). The van der Waals surface area contributed by atoms with Crippen LogP contribution in [-0.4, -0.2) is 18.5 Å². The molecule has 1 unspecified atom stereocenters. The largest absolute Gasteiger partial charge is 0.279 e. The van der Waals surface area contributed by atoms with Crippen molar-refractivity contribution in [1.82, 2.24) is 4.41 Å². The predicted molar refractivity (Wildman–Crippen MR) is 107 cm³/mol. The molecule has 0 aliphatic carbocycles. The number of sulfonamides is 1. The molecule has 0 saturated heterocycles. The van der Waals surface area contributed by atoms with E-state index in [1.165, 1.54) is 4.41 Å². The first-order chi connectivity index (χ1) is 13.1. The zero-order valence-electron chi connectivity index (χ0n) is 14.4. The number of rotatable bonds is 4. The van der Waals surface area contributed by atoms with Gasteiger partial charge in [-0.3, -0.25) is 0 Å². The third-order valence-electron chi connectivity index (χ3n) is 4.50. The van der Waals surface area contributed by atoms with Crippen LogP contribution in [0, 0.1) is 0 Å². The first-order valence-electron chi connectivity index (χ1n) is 8.53. The topological polar surface area (TPSA) is 49.7 Å². The highest BCUT2D eigenvalue weighted by atomic mass is 35.5. The van der Waals surface area contributed by atoms with Crippen LogP contribution in [0.5, 0.6) is 0 Å². The lowest BCUT2D eigenvalue weighted by Gasteiger charge is -2.23. The molecule has 136 valence electrons. The van der Waals surface area contributed by atoms with E-state index in [1.807, 2.05) is 42.5 Å². The maximum Gasteiger partial charge on any atom is 0.279 e. The molecule has 0 fully saturated rings. The van der Waals surface area contributed by atoms with E-state index in [0.29, 0.717) is 11.4 Å². The van der Waals surface area contributed by atoms with E-state index >= 15 is 0 Å². The summed E-state index contributed by atoms with van der Waals surface area (Å²) in [5, 5.41) is 5.08. The SMILES string of the molecule is O=S(=O)(c1ccccc1)N1N=C(c2ccccc2)CC1c1cccc(Cl)c1. The molecular weight excluding hydrogens is 380 g/mol. The van der Waals surface area contributed by atoms with Gasteiger partial charge in [-0.05, 0) is 35.4 Å². The van der Waals surface area contributed by atoms with Gasteiger partial charge in [-0.25, -0.2) is 0 Å². The number of nitrogens with zero attached hydrogens (tertiary/aromatic N) is 2. The molecule has 27 heavy (non-hydrogen) atoms. The average molecular weight is 397 g/mol. The van der Waals surface area contributed by atoms with Crippen LogP contribution < -0.4 is 0 Å². The molecule has 4 nitrogen and oxygen atoms in total. The zero-order valence-corrected chi connectivity index (χ0v) is 15.9. The minimum Gasteiger partial charge on any atom is -0.200 e. The number of hydrogen-bond donors (Lipinski definition) is 0. The Morgan fingerprint density at radius 3 is 2.22 bits per heavy atom. The summed E-state index contributed by atoms with van der Waals surface area (Å²) >= 11 is 6.15. The summed E-state index contributed by atoms with van der Waals surface area (Å²) < 4.78 is 27.8. The van der Waals surface area contributed by atoms with Crippen molar-refractivity contribution in [3.63, 3.8) is 0 Å². The van der Waals surface area contributed by atoms with Gasteiger partial charge in [-0.15, -0.1) is 0 Å². The fourth-order valence-electron chi connectivity index (χ4n) is 3.18. The monoisotopic (exact) mass is 396 g/mol. The highest BCUT2D eigenvalue weighted by Crippen LogP contribution is 2.37. The Balaban J connectivity index is 1.81. The summed E-state index contributed by atoms with van der Waals surface area (Å²) in [6.45, 7) is 0. The van der Waals surface area contributed by atoms with Crippen molar-refractivity contribution < 1.29 is 8.42 Å². The van der Waals surface area contributed by atoms with E-state index < -0.39 is 16.1 Å².